The Morgan fingerprint density at radius 1 is 1.09 bits per heavy atom. The zero-order valence-electron chi connectivity index (χ0n) is 18.5. The molecule has 4 rings (SSSR count). The number of benzene rings is 3. The number of imidazole rings is 1. The average molecular weight is 477 g/mol. The van der Waals surface area contributed by atoms with Gasteiger partial charge in [-0.15, -0.1) is 0 Å². The first-order valence-electron chi connectivity index (χ1n) is 10.7. The highest BCUT2D eigenvalue weighted by Crippen LogP contribution is 2.27. The van der Waals surface area contributed by atoms with Crippen LogP contribution in [0.25, 0.3) is 11.0 Å². The van der Waals surface area contributed by atoms with Gasteiger partial charge in [0.15, 0.2) is 5.16 Å². The van der Waals surface area contributed by atoms with Crippen molar-refractivity contribution in [2.75, 3.05) is 5.75 Å². The maximum atomic E-state index is 12.4. The number of hydrogen-bond donors (Lipinski definition) is 1. The second-order valence-electron chi connectivity index (χ2n) is 7.96. The predicted molar refractivity (Wildman–Crippen MR) is 137 cm³/mol. The minimum atomic E-state index is -0.189. The normalized spacial score (nSPS) is 11.5. The van der Waals surface area contributed by atoms with Crippen LogP contribution in [0.1, 0.15) is 36.5 Å². The number of hydrogen-bond acceptors (Lipinski definition) is 4. The Hall–Kier alpha value is -3.09. The molecule has 0 saturated carbocycles. The Labute approximate surface area is 202 Å². The number of para-hydroxylation sites is 2. The lowest BCUT2D eigenvalue weighted by atomic mass is 10.0. The van der Waals surface area contributed by atoms with Crippen LogP contribution in [-0.2, 0) is 11.3 Å². The van der Waals surface area contributed by atoms with Crippen LogP contribution in [0.15, 0.2) is 83.1 Å². The number of nitrogens with one attached hydrogen (secondary N) is 1. The Bertz CT molecular complexity index is 1280. The lowest BCUT2D eigenvalue weighted by Crippen LogP contribution is -2.20. The number of rotatable bonds is 8. The van der Waals surface area contributed by atoms with Crippen LogP contribution in [0, 0.1) is 0 Å². The zero-order valence-corrected chi connectivity index (χ0v) is 20.1. The van der Waals surface area contributed by atoms with Crippen molar-refractivity contribution >= 4 is 46.5 Å². The van der Waals surface area contributed by atoms with Crippen LogP contribution in [-0.4, -0.2) is 27.4 Å². The summed E-state index contributed by atoms with van der Waals surface area (Å²) in [6, 6.07) is 23.8. The summed E-state index contributed by atoms with van der Waals surface area (Å²) in [5.74, 6) is 0.497. The van der Waals surface area contributed by atoms with Crippen LogP contribution in [0.4, 0.5) is 0 Å². The van der Waals surface area contributed by atoms with Crippen LogP contribution in [0.5, 0.6) is 0 Å². The van der Waals surface area contributed by atoms with Crippen molar-refractivity contribution in [2.45, 2.75) is 31.5 Å². The maximum Gasteiger partial charge on any atom is 0.250 e. The molecule has 0 radical (unpaired) electrons. The van der Waals surface area contributed by atoms with Gasteiger partial charge in [0.25, 0.3) is 5.91 Å². The minimum Gasteiger partial charge on any atom is -0.314 e. The number of amides is 1. The topological polar surface area (TPSA) is 59.3 Å². The SMILES string of the molecule is CC(C)c1ccc(/C=N/NC(=O)CSc2nc3ccccc3n2Cc2ccccc2Cl)cc1. The van der Waals surface area contributed by atoms with Gasteiger partial charge in [-0.05, 0) is 40.8 Å². The van der Waals surface area contributed by atoms with Crippen molar-refractivity contribution in [3.05, 3.63) is 94.5 Å². The third-order valence-electron chi connectivity index (χ3n) is 5.24. The van der Waals surface area contributed by atoms with Crippen molar-refractivity contribution in [1.82, 2.24) is 15.0 Å². The number of halogens is 1. The highest BCUT2D eigenvalue weighted by atomic mass is 35.5. The van der Waals surface area contributed by atoms with Gasteiger partial charge in [0.05, 0.1) is 29.5 Å². The van der Waals surface area contributed by atoms with Gasteiger partial charge in [0.2, 0.25) is 0 Å². The number of carbonyl (C=O) groups excluding carboxylic acids is 1. The van der Waals surface area contributed by atoms with Gasteiger partial charge >= 0.3 is 0 Å². The van der Waals surface area contributed by atoms with E-state index in [0.717, 1.165) is 27.3 Å². The van der Waals surface area contributed by atoms with Gasteiger partial charge < -0.3 is 4.57 Å². The third kappa shape index (κ3) is 5.83. The molecule has 1 amide bonds. The van der Waals surface area contributed by atoms with Crippen molar-refractivity contribution in [3.63, 3.8) is 0 Å². The van der Waals surface area contributed by atoms with Crippen LogP contribution >= 0.6 is 23.4 Å². The fraction of sp³-hybridized carbons (Fsp3) is 0.192. The van der Waals surface area contributed by atoms with Crippen molar-refractivity contribution in [1.29, 1.82) is 0 Å². The Morgan fingerprint density at radius 3 is 2.58 bits per heavy atom. The molecule has 0 aliphatic heterocycles. The summed E-state index contributed by atoms with van der Waals surface area (Å²) < 4.78 is 2.09. The molecular formula is C26H25ClN4OS. The van der Waals surface area contributed by atoms with E-state index in [2.05, 4.69) is 41.1 Å². The first-order valence-corrected chi connectivity index (χ1v) is 12.1. The molecule has 0 aliphatic rings. The van der Waals surface area contributed by atoms with E-state index in [-0.39, 0.29) is 11.7 Å². The van der Waals surface area contributed by atoms with E-state index in [1.54, 1.807) is 6.21 Å². The standard InChI is InChI=1S/C26H25ClN4OS/c1-18(2)20-13-11-19(12-14-20)15-28-30-25(32)17-33-26-29-23-9-5-6-10-24(23)31(26)16-21-7-3-4-8-22(21)27/h3-15,18H,16-17H2,1-2H3,(H,30,32)/b28-15+. The second-order valence-corrected chi connectivity index (χ2v) is 9.31. The van der Waals surface area contributed by atoms with Gasteiger partial charge in [-0.25, -0.2) is 10.4 Å². The number of carbonyl (C=O) groups is 1. The fourth-order valence-corrected chi connectivity index (χ4v) is 4.42. The molecular weight excluding hydrogens is 452 g/mol. The number of fused-ring (bicyclic) bond motifs is 1. The van der Waals surface area contributed by atoms with E-state index in [1.165, 1.54) is 17.3 Å². The lowest BCUT2D eigenvalue weighted by Gasteiger charge is -2.10. The molecule has 0 spiro atoms. The molecule has 1 heterocycles. The Kier molecular flexibility index (Phi) is 7.47. The van der Waals surface area contributed by atoms with E-state index < -0.39 is 0 Å². The summed E-state index contributed by atoms with van der Waals surface area (Å²) >= 11 is 7.76. The molecule has 0 unspecified atom stereocenters. The summed E-state index contributed by atoms with van der Waals surface area (Å²) in [4.78, 5) is 17.1. The summed E-state index contributed by atoms with van der Waals surface area (Å²) in [5, 5.41) is 5.56. The molecule has 5 nitrogen and oxygen atoms in total. The molecule has 33 heavy (non-hydrogen) atoms. The molecule has 1 aromatic heterocycles. The molecule has 7 heteroatoms. The summed E-state index contributed by atoms with van der Waals surface area (Å²) in [6.45, 7) is 4.89. The minimum absolute atomic E-state index is 0.189. The van der Waals surface area contributed by atoms with E-state index >= 15 is 0 Å². The number of hydrazone groups is 1. The van der Waals surface area contributed by atoms with Crippen LogP contribution < -0.4 is 5.43 Å². The molecule has 0 saturated heterocycles. The second kappa shape index (κ2) is 10.7. The smallest absolute Gasteiger partial charge is 0.250 e. The van der Waals surface area contributed by atoms with Gasteiger partial charge in [0, 0.05) is 5.02 Å². The third-order valence-corrected chi connectivity index (χ3v) is 6.59. The average Bonchev–Trinajstić information content (AvgIpc) is 3.17. The number of thioether (sulfide) groups is 1. The van der Waals surface area contributed by atoms with Gasteiger partial charge in [-0.2, -0.15) is 5.10 Å². The molecule has 0 atom stereocenters. The van der Waals surface area contributed by atoms with Crippen LogP contribution in [0.2, 0.25) is 5.02 Å². The first kappa shape index (κ1) is 23.1. The molecule has 0 bridgehead atoms. The molecule has 0 fully saturated rings. The maximum absolute atomic E-state index is 12.4. The van der Waals surface area contributed by atoms with E-state index in [4.69, 9.17) is 16.6 Å². The van der Waals surface area contributed by atoms with Gasteiger partial charge in [-0.3, -0.25) is 4.79 Å². The van der Waals surface area contributed by atoms with Gasteiger partial charge in [0.1, 0.15) is 0 Å². The lowest BCUT2D eigenvalue weighted by molar-refractivity contribution is -0.118. The molecule has 4 aromatic rings. The van der Waals surface area contributed by atoms with E-state index in [9.17, 15) is 4.79 Å². The van der Waals surface area contributed by atoms with Crippen LogP contribution in [0.3, 0.4) is 0 Å². The highest BCUT2D eigenvalue weighted by molar-refractivity contribution is 7.99. The van der Waals surface area contributed by atoms with Crippen molar-refractivity contribution in [3.8, 4) is 0 Å². The number of nitrogens with zero attached hydrogens (tertiary/aromatic N) is 3. The quantitative estimate of drug-likeness (QED) is 0.190. The molecule has 168 valence electrons. The highest BCUT2D eigenvalue weighted by Gasteiger charge is 2.14. The summed E-state index contributed by atoms with van der Waals surface area (Å²) in [6.07, 6.45) is 1.65. The van der Waals surface area contributed by atoms with Crippen molar-refractivity contribution in [2.24, 2.45) is 5.10 Å². The largest absolute Gasteiger partial charge is 0.314 e. The Morgan fingerprint density at radius 2 is 1.82 bits per heavy atom. The monoisotopic (exact) mass is 476 g/mol. The van der Waals surface area contributed by atoms with E-state index in [0.29, 0.717) is 17.5 Å². The number of aromatic nitrogens is 2. The molecule has 1 N–H and O–H groups in total. The van der Waals surface area contributed by atoms with Crippen molar-refractivity contribution < 1.29 is 4.79 Å². The fourth-order valence-electron chi connectivity index (χ4n) is 3.42. The predicted octanol–water partition coefficient (Wildman–Crippen LogP) is 6.10. The van der Waals surface area contributed by atoms with E-state index in [1.807, 2.05) is 60.7 Å². The first-order chi connectivity index (χ1) is 16.0. The summed E-state index contributed by atoms with van der Waals surface area (Å²) in [7, 11) is 0. The molecule has 0 aliphatic carbocycles. The Balaban J connectivity index is 1.42. The zero-order chi connectivity index (χ0) is 23.2. The molecule has 3 aromatic carbocycles. The summed E-state index contributed by atoms with van der Waals surface area (Å²) in [5.41, 5.74) is 7.70. The van der Waals surface area contributed by atoms with Gasteiger partial charge in [-0.1, -0.05) is 91.8 Å².